The molecule has 5 heteroatoms. The van der Waals surface area contributed by atoms with Gasteiger partial charge >= 0.3 is 0 Å². The fraction of sp³-hybridized carbons (Fsp3) is 0.375. The van der Waals surface area contributed by atoms with Crippen molar-refractivity contribution in [1.82, 2.24) is 19.1 Å². The van der Waals surface area contributed by atoms with Gasteiger partial charge in [0.1, 0.15) is 5.82 Å². The maximum atomic E-state index is 6.07. The molecule has 0 unspecified atom stereocenters. The van der Waals surface area contributed by atoms with Crippen molar-refractivity contribution in [2.45, 2.75) is 31.8 Å². The van der Waals surface area contributed by atoms with E-state index in [1.54, 1.807) is 0 Å². The van der Waals surface area contributed by atoms with Gasteiger partial charge in [0, 0.05) is 12.7 Å². The molecule has 0 spiro atoms. The summed E-state index contributed by atoms with van der Waals surface area (Å²) in [6.45, 7) is 1.85. The summed E-state index contributed by atoms with van der Waals surface area (Å²) < 4.78 is 4.47. The molecule has 1 aromatic carbocycles. The van der Waals surface area contributed by atoms with Crippen LogP contribution in [0.25, 0.3) is 11.0 Å². The molecule has 0 aliphatic heterocycles. The zero-order valence-electron chi connectivity index (χ0n) is 11.7. The number of alkyl halides is 1. The molecule has 1 fully saturated rings. The number of rotatable bonds is 5. The first-order chi connectivity index (χ1) is 10.3. The van der Waals surface area contributed by atoms with E-state index in [-0.39, 0.29) is 0 Å². The highest BCUT2D eigenvalue weighted by atomic mass is 35.5. The first kappa shape index (κ1) is 12.9. The van der Waals surface area contributed by atoms with Crippen LogP contribution < -0.4 is 0 Å². The molecular formula is C16H17ClN4. The Morgan fingerprint density at radius 3 is 2.90 bits per heavy atom. The number of benzene rings is 1. The minimum absolute atomic E-state index is 0.422. The second-order valence-electron chi connectivity index (χ2n) is 5.72. The van der Waals surface area contributed by atoms with Gasteiger partial charge in [0.2, 0.25) is 0 Å². The van der Waals surface area contributed by atoms with E-state index < -0.39 is 0 Å². The molecule has 4 nitrogen and oxygen atoms in total. The SMILES string of the molecule is ClCc1nc2ccccc2n1Cc1cncn1CC1CC1. The van der Waals surface area contributed by atoms with Gasteiger partial charge in [-0.3, -0.25) is 0 Å². The summed E-state index contributed by atoms with van der Waals surface area (Å²) in [5.74, 6) is 2.17. The molecule has 21 heavy (non-hydrogen) atoms. The topological polar surface area (TPSA) is 35.6 Å². The van der Waals surface area contributed by atoms with Gasteiger partial charge in [-0.1, -0.05) is 12.1 Å². The van der Waals surface area contributed by atoms with Crippen LogP contribution in [0.3, 0.4) is 0 Å². The molecular weight excluding hydrogens is 284 g/mol. The van der Waals surface area contributed by atoms with Crippen molar-refractivity contribution in [2.24, 2.45) is 5.92 Å². The zero-order chi connectivity index (χ0) is 14.2. The third kappa shape index (κ3) is 2.44. The molecule has 3 aromatic rings. The van der Waals surface area contributed by atoms with Gasteiger partial charge in [0.05, 0.1) is 35.5 Å². The zero-order valence-corrected chi connectivity index (χ0v) is 12.5. The van der Waals surface area contributed by atoms with Crippen LogP contribution in [-0.2, 0) is 19.0 Å². The predicted molar refractivity (Wildman–Crippen MR) is 83.3 cm³/mol. The Hall–Kier alpha value is -1.81. The number of halogens is 1. The highest BCUT2D eigenvalue weighted by molar-refractivity contribution is 6.16. The quantitative estimate of drug-likeness (QED) is 0.677. The molecule has 108 valence electrons. The van der Waals surface area contributed by atoms with Crippen molar-refractivity contribution in [3.63, 3.8) is 0 Å². The maximum absolute atomic E-state index is 6.07. The number of para-hydroxylation sites is 2. The van der Waals surface area contributed by atoms with Crippen molar-refractivity contribution in [3.05, 3.63) is 48.3 Å². The summed E-state index contributed by atoms with van der Waals surface area (Å²) in [6, 6.07) is 8.18. The third-order valence-electron chi connectivity index (χ3n) is 4.12. The number of hydrogen-bond donors (Lipinski definition) is 0. The Kier molecular flexibility index (Phi) is 3.19. The highest BCUT2D eigenvalue weighted by Crippen LogP contribution is 2.31. The van der Waals surface area contributed by atoms with E-state index in [9.17, 15) is 0 Å². The first-order valence-corrected chi connectivity index (χ1v) is 7.87. The van der Waals surface area contributed by atoms with Gasteiger partial charge in [-0.2, -0.15) is 0 Å². The lowest BCUT2D eigenvalue weighted by molar-refractivity contribution is 0.586. The van der Waals surface area contributed by atoms with Crippen molar-refractivity contribution in [1.29, 1.82) is 0 Å². The summed E-state index contributed by atoms with van der Waals surface area (Å²) >= 11 is 6.07. The average molecular weight is 301 g/mol. The fourth-order valence-corrected chi connectivity index (χ4v) is 2.99. The van der Waals surface area contributed by atoms with Crippen LogP contribution in [0.15, 0.2) is 36.8 Å². The number of fused-ring (bicyclic) bond motifs is 1. The Bertz CT molecular complexity index is 770. The van der Waals surface area contributed by atoms with Gasteiger partial charge < -0.3 is 9.13 Å². The Morgan fingerprint density at radius 1 is 1.24 bits per heavy atom. The van der Waals surface area contributed by atoms with E-state index in [2.05, 4.69) is 25.2 Å². The van der Waals surface area contributed by atoms with Gasteiger partial charge in [-0.05, 0) is 30.9 Å². The van der Waals surface area contributed by atoms with E-state index in [0.29, 0.717) is 5.88 Å². The summed E-state index contributed by atoms with van der Waals surface area (Å²) in [5, 5.41) is 0. The molecule has 0 saturated heterocycles. The first-order valence-electron chi connectivity index (χ1n) is 7.34. The molecule has 0 amide bonds. The molecule has 2 aromatic heterocycles. The monoisotopic (exact) mass is 300 g/mol. The van der Waals surface area contributed by atoms with Crippen LogP contribution in [-0.4, -0.2) is 19.1 Å². The molecule has 1 saturated carbocycles. The number of nitrogens with zero attached hydrogens (tertiary/aromatic N) is 4. The smallest absolute Gasteiger partial charge is 0.125 e. The van der Waals surface area contributed by atoms with Gasteiger partial charge in [0.15, 0.2) is 0 Å². The third-order valence-corrected chi connectivity index (χ3v) is 4.36. The number of hydrogen-bond acceptors (Lipinski definition) is 2. The van der Waals surface area contributed by atoms with E-state index in [0.717, 1.165) is 35.9 Å². The number of imidazole rings is 2. The van der Waals surface area contributed by atoms with Crippen LogP contribution in [0.5, 0.6) is 0 Å². The van der Waals surface area contributed by atoms with Crippen LogP contribution in [0.4, 0.5) is 0 Å². The molecule has 0 atom stereocenters. The predicted octanol–water partition coefficient (Wildman–Crippen LogP) is 3.43. The van der Waals surface area contributed by atoms with Crippen LogP contribution in [0.2, 0.25) is 0 Å². The van der Waals surface area contributed by atoms with Crippen molar-refractivity contribution in [3.8, 4) is 0 Å². The molecule has 4 rings (SSSR count). The average Bonchev–Trinajstić information content (AvgIpc) is 3.10. The van der Waals surface area contributed by atoms with E-state index in [1.807, 2.05) is 30.7 Å². The largest absolute Gasteiger partial charge is 0.333 e. The highest BCUT2D eigenvalue weighted by Gasteiger charge is 2.22. The van der Waals surface area contributed by atoms with Crippen LogP contribution in [0, 0.1) is 5.92 Å². The van der Waals surface area contributed by atoms with Crippen molar-refractivity contribution in [2.75, 3.05) is 0 Å². The normalized spacial score (nSPS) is 14.9. The summed E-state index contributed by atoms with van der Waals surface area (Å²) in [7, 11) is 0. The fourth-order valence-electron chi connectivity index (χ4n) is 2.79. The summed E-state index contributed by atoms with van der Waals surface area (Å²) in [6.07, 6.45) is 6.58. The minimum atomic E-state index is 0.422. The maximum Gasteiger partial charge on any atom is 0.125 e. The Labute approximate surface area is 128 Å². The van der Waals surface area contributed by atoms with Gasteiger partial charge in [-0.25, -0.2) is 9.97 Å². The van der Waals surface area contributed by atoms with Crippen molar-refractivity contribution >= 4 is 22.6 Å². The Morgan fingerprint density at radius 2 is 2.10 bits per heavy atom. The molecule has 0 radical (unpaired) electrons. The van der Waals surface area contributed by atoms with E-state index >= 15 is 0 Å². The van der Waals surface area contributed by atoms with Gasteiger partial charge in [0.25, 0.3) is 0 Å². The lowest BCUT2D eigenvalue weighted by atomic mass is 10.3. The lowest BCUT2D eigenvalue weighted by Crippen LogP contribution is -2.10. The molecule has 2 heterocycles. The second kappa shape index (κ2) is 5.19. The summed E-state index contributed by atoms with van der Waals surface area (Å²) in [4.78, 5) is 8.93. The molecule has 0 bridgehead atoms. The van der Waals surface area contributed by atoms with E-state index in [1.165, 1.54) is 18.5 Å². The Balaban J connectivity index is 1.71. The second-order valence-corrected chi connectivity index (χ2v) is 5.98. The molecule has 0 N–H and O–H groups in total. The van der Waals surface area contributed by atoms with E-state index in [4.69, 9.17) is 11.6 Å². The lowest BCUT2D eigenvalue weighted by Gasteiger charge is -2.10. The molecule has 1 aliphatic carbocycles. The number of aromatic nitrogens is 4. The standard InChI is InChI=1S/C16H17ClN4/c17-7-16-19-14-3-1-2-4-15(14)21(16)10-13-8-18-11-20(13)9-12-5-6-12/h1-4,8,11-12H,5-7,9-10H2. The van der Waals surface area contributed by atoms with Gasteiger partial charge in [-0.15, -0.1) is 11.6 Å². The summed E-state index contributed by atoms with van der Waals surface area (Å²) in [5.41, 5.74) is 3.35. The molecule has 1 aliphatic rings. The van der Waals surface area contributed by atoms with Crippen LogP contribution in [0.1, 0.15) is 24.4 Å². The van der Waals surface area contributed by atoms with Crippen LogP contribution >= 0.6 is 11.6 Å². The van der Waals surface area contributed by atoms with Crippen molar-refractivity contribution < 1.29 is 0 Å². The minimum Gasteiger partial charge on any atom is -0.333 e.